The van der Waals surface area contributed by atoms with Crippen LogP contribution in [0.1, 0.15) is 33.5 Å². The molecule has 0 bridgehead atoms. The fourth-order valence-electron chi connectivity index (χ4n) is 3.86. The van der Waals surface area contributed by atoms with Crippen LogP contribution >= 0.6 is 11.6 Å². The van der Waals surface area contributed by atoms with Crippen molar-refractivity contribution in [2.24, 2.45) is 0 Å². The molecule has 1 heterocycles. The van der Waals surface area contributed by atoms with Crippen molar-refractivity contribution < 1.29 is 19.4 Å². The number of aryl methyl sites for hydroxylation is 1. The number of hydrogen-bond acceptors (Lipinski definition) is 4. The minimum absolute atomic E-state index is 0.281. The molecule has 0 spiro atoms. The van der Waals surface area contributed by atoms with Crippen molar-refractivity contribution in [2.75, 3.05) is 12.0 Å². The Balaban J connectivity index is 1.69. The van der Waals surface area contributed by atoms with Gasteiger partial charge in [-0.2, -0.15) is 0 Å². The van der Waals surface area contributed by atoms with Gasteiger partial charge in [0, 0.05) is 16.1 Å². The van der Waals surface area contributed by atoms with Crippen LogP contribution in [0.4, 0.5) is 5.69 Å². The molecule has 4 rings (SSSR count). The van der Waals surface area contributed by atoms with Crippen LogP contribution in [-0.2, 0) is 16.9 Å². The average Bonchev–Trinajstić information content (AvgIpc) is 2.96. The normalized spacial score (nSPS) is 17.5. The number of aliphatic hydroxyl groups is 1. The van der Waals surface area contributed by atoms with Gasteiger partial charge in [0.15, 0.2) is 11.4 Å². The topological polar surface area (TPSA) is 66.8 Å². The molecule has 3 aromatic rings. The number of hydrogen-bond donors (Lipinski definition) is 1. The Hall–Kier alpha value is -3.15. The number of amides is 1. The van der Waals surface area contributed by atoms with Crippen molar-refractivity contribution >= 4 is 29.0 Å². The summed E-state index contributed by atoms with van der Waals surface area (Å²) in [6.07, 6.45) is -0.392. The summed E-state index contributed by atoms with van der Waals surface area (Å²) < 4.78 is 5.18. The number of ketones is 1. The minimum atomic E-state index is -1.99. The molecule has 5 nitrogen and oxygen atoms in total. The van der Waals surface area contributed by atoms with Gasteiger partial charge in [-0.05, 0) is 42.8 Å². The number of Topliss-reactive ketones (excluding diaryl/α,β-unsaturated/α-hetero) is 1. The van der Waals surface area contributed by atoms with E-state index in [9.17, 15) is 14.7 Å². The Morgan fingerprint density at radius 3 is 2.55 bits per heavy atom. The van der Waals surface area contributed by atoms with E-state index < -0.39 is 17.9 Å². The molecule has 0 saturated heterocycles. The zero-order valence-corrected chi connectivity index (χ0v) is 18.0. The molecular formula is C25H22ClNO4. The summed E-state index contributed by atoms with van der Waals surface area (Å²) in [5.74, 6) is -0.375. The molecule has 0 radical (unpaired) electrons. The minimum Gasteiger partial charge on any atom is -0.497 e. The van der Waals surface area contributed by atoms with Gasteiger partial charge >= 0.3 is 0 Å². The van der Waals surface area contributed by atoms with Crippen LogP contribution in [0.3, 0.4) is 0 Å². The Bertz CT molecular complexity index is 1160. The maximum absolute atomic E-state index is 13.4. The van der Waals surface area contributed by atoms with Crippen LogP contribution in [-0.4, -0.2) is 23.9 Å². The van der Waals surface area contributed by atoms with Gasteiger partial charge < -0.3 is 14.7 Å². The first-order chi connectivity index (χ1) is 14.8. The van der Waals surface area contributed by atoms with E-state index in [0.717, 1.165) is 11.1 Å². The molecule has 1 atom stereocenters. The lowest BCUT2D eigenvalue weighted by atomic mass is 9.88. The Kier molecular flexibility index (Phi) is 5.56. The number of nitrogens with zero attached hydrogens (tertiary/aromatic N) is 1. The number of carbonyl (C=O) groups excluding carboxylic acids is 2. The second-order valence-electron chi connectivity index (χ2n) is 7.73. The molecule has 0 aromatic heterocycles. The molecular weight excluding hydrogens is 414 g/mol. The maximum atomic E-state index is 13.4. The number of rotatable bonds is 6. The summed E-state index contributed by atoms with van der Waals surface area (Å²) in [6.45, 7) is 2.27. The van der Waals surface area contributed by atoms with Gasteiger partial charge in [0.25, 0.3) is 5.91 Å². The highest BCUT2D eigenvalue weighted by Crippen LogP contribution is 2.44. The molecule has 0 saturated carbocycles. The van der Waals surface area contributed by atoms with Crippen LogP contribution in [0.15, 0.2) is 66.7 Å². The smallest absolute Gasteiger partial charge is 0.264 e. The maximum Gasteiger partial charge on any atom is 0.264 e. The van der Waals surface area contributed by atoms with E-state index in [1.165, 1.54) is 12.0 Å². The van der Waals surface area contributed by atoms with Crippen molar-refractivity contribution in [2.45, 2.75) is 25.5 Å². The number of benzene rings is 3. The van der Waals surface area contributed by atoms with Gasteiger partial charge in [-0.1, -0.05) is 53.6 Å². The summed E-state index contributed by atoms with van der Waals surface area (Å²) in [5.41, 5.74) is 1.29. The zero-order chi connectivity index (χ0) is 22.2. The summed E-state index contributed by atoms with van der Waals surface area (Å²) in [5, 5.41) is 11.9. The van der Waals surface area contributed by atoms with Gasteiger partial charge in [0.2, 0.25) is 0 Å². The Morgan fingerprint density at radius 1 is 1.10 bits per heavy atom. The molecule has 0 unspecified atom stereocenters. The molecule has 1 N–H and O–H groups in total. The third-order valence-electron chi connectivity index (χ3n) is 5.56. The fraction of sp³-hybridized carbons (Fsp3) is 0.200. The van der Waals surface area contributed by atoms with Crippen molar-refractivity contribution in [1.29, 1.82) is 0 Å². The summed E-state index contributed by atoms with van der Waals surface area (Å²) in [6, 6.07) is 19.4. The molecule has 1 aliphatic rings. The summed E-state index contributed by atoms with van der Waals surface area (Å²) in [7, 11) is 1.51. The third-order valence-corrected chi connectivity index (χ3v) is 5.80. The fourth-order valence-corrected chi connectivity index (χ4v) is 4.03. The van der Waals surface area contributed by atoms with E-state index in [2.05, 4.69) is 0 Å². The number of halogens is 1. The summed E-state index contributed by atoms with van der Waals surface area (Å²) >= 11 is 6.17. The quantitative estimate of drug-likeness (QED) is 0.571. The third kappa shape index (κ3) is 3.94. The van der Waals surface area contributed by atoms with Crippen LogP contribution in [0.5, 0.6) is 5.75 Å². The largest absolute Gasteiger partial charge is 0.497 e. The standard InChI is InChI=1S/C25H22ClNO4/c1-16-6-8-17(9-7-16)15-27-22-11-10-19(26)13-21(22)25(30,24(27)29)14-23(28)18-4-3-5-20(12-18)31-2/h3-13,30H,14-15H2,1-2H3/t25-/m0/s1. The Labute approximate surface area is 185 Å². The first-order valence-electron chi connectivity index (χ1n) is 9.89. The van der Waals surface area contributed by atoms with Crippen molar-refractivity contribution in [3.8, 4) is 5.75 Å². The van der Waals surface area contributed by atoms with E-state index >= 15 is 0 Å². The zero-order valence-electron chi connectivity index (χ0n) is 17.3. The lowest BCUT2D eigenvalue weighted by Crippen LogP contribution is -2.41. The highest BCUT2D eigenvalue weighted by molar-refractivity contribution is 6.31. The first-order valence-corrected chi connectivity index (χ1v) is 10.3. The van der Waals surface area contributed by atoms with E-state index in [-0.39, 0.29) is 12.3 Å². The monoisotopic (exact) mass is 435 g/mol. The van der Waals surface area contributed by atoms with Crippen molar-refractivity contribution in [1.82, 2.24) is 0 Å². The molecule has 1 aliphatic heterocycles. The molecule has 3 aromatic carbocycles. The second kappa shape index (κ2) is 8.17. The van der Waals surface area contributed by atoms with E-state index in [0.29, 0.717) is 27.6 Å². The first kappa shape index (κ1) is 21.1. The lowest BCUT2D eigenvalue weighted by Gasteiger charge is -2.23. The molecule has 1 amide bonds. The molecule has 0 fully saturated rings. The molecule has 6 heteroatoms. The highest BCUT2D eigenvalue weighted by atomic mass is 35.5. The number of methoxy groups -OCH3 is 1. The number of fused-ring (bicyclic) bond motifs is 1. The van der Waals surface area contributed by atoms with Gasteiger partial charge in [0.1, 0.15) is 5.75 Å². The summed E-state index contributed by atoms with van der Waals surface area (Å²) in [4.78, 5) is 27.9. The van der Waals surface area contributed by atoms with Crippen LogP contribution in [0.25, 0.3) is 0 Å². The van der Waals surface area contributed by atoms with Gasteiger partial charge in [-0.15, -0.1) is 0 Å². The predicted octanol–water partition coefficient (Wildman–Crippen LogP) is 4.66. The number of anilines is 1. The highest BCUT2D eigenvalue weighted by Gasteiger charge is 2.51. The van der Waals surface area contributed by atoms with Crippen molar-refractivity contribution in [3.63, 3.8) is 0 Å². The van der Waals surface area contributed by atoms with E-state index in [1.54, 1.807) is 42.5 Å². The lowest BCUT2D eigenvalue weighted by molar-refractivity contribution is -0.136. The van der Waals surface area contributed by atoms with Gasteiger partial charge in [-0.25, -0.2) is 0 Å². The van der Waals surface area contributed by atoms with Crippen LogP contribution < -0.4 is 9.64 Å². The van der Waals surface area contributed by atoms with E-state index in [1.807, 2.05) is 31.2 Å². The van der Waals surface area contributed by atoms with Crippen LogP contribution in [0, 0.1) is 6.92 Å². The van der Waals surface area contributed by atoms with Gasteiger partial charge in [0.05, 0.1) is 25.8 Å². The molecule has 31 heavy (non-hydrogen) atoms. The number of carbonyl (C=O) groups is 2. The average molecular weight is 436 g/mol. The van der Waals surface area contributed by atoms with Crippen LogP contribution in [0.2, 0.25) is 5.02 Å². The Morgan fingerprint density at radius 2 is 1.84 bits per heavy atom. The van der Waals surface area contributed by atoms with E-state index in [4.69, 9.17) is 16.3 Å². The molecule has 0 aliphatic carbocycles. The number of ether oxygens (including phenoxy) is 1. The predicted molar refractivity (Wildman–Crippen MR) is 120 cm³/mol. The SMILES string of the molecule is COc1cccc(C(=O)C[C@@]2(O)C(=O)N(Cc3ccc(C)cc3)c3ccc(Cl)cc32)c1. The van der Waals surface area contributed by atoms with Gasteiger partial charge in [-0.3, -0.25) is 9.59 Å². The van der Waals surface area contributed by atoms with Crippen molar-refractivity contribution in [3.05, 3.63) is 94.0 Å². The second-order valence-corrected chi connectivity index (χ2v) is 8.17. The molecule has 158 valence electrons.